The van der Waals surface area contributed by atoms with Gasteiger partial charge in [-0.15, -0.1) is 13.2 Å². The van der Waals surface area contributed by atoms with Crippen LogP contribution in [0, 0.1) is 11.6 Å². The number of unbranched alkanes of at least 4 members (excludes halogenated alkanes) is 1. The highest BCUT2D eigenvalue weighted by atomic mass is 19.4. The molecule has 0 fully saturated rings. The third-order valence-electron chi connectivity index (χ3n) is 3.55. The maximum Gasteiger partial charge on any atom is 0.573 e. The van der Waals surface area contributed by atoms with Crippen molar-refractivity contribution in [2.45, 2.75) is 19.2 Å². The number of amides is 1. The van der Waals surface area contributed by atoms with E-state index in [0.29, 0.717) is 25.1 Å². The summed E-state index contributed by atoms with van der Waals surface area (Å²) in [6.07, 6.45) is -3.64. The Bertz CT molecular complexity index is 810. The molecule has 10 heteroatoms. The van der Waals surface area contributed by atoms with Gasteiger partial charge in [-0.05, 0) is 49.2 Å². The molecule has 0 saturated heterocycles. The van der Waals surface area contributed by atoms with Crippen LogP contribution in [0.25, 0.3) is 0 Å². The van der Waals surface area contributed by atoms with Crippen molar-refractivity contribution in [3.05, 3.63) is 53.6 Å². The van der Waals surface area contributed by atoms with E-state index in [2.05, 4.69) is 10.1 Å². The molecule has 5 nitrogen and oxygen atoms in total. The number of carbonyl (C=O) groups is 1. The van der Waals surface area contributed by atoms with Crippen molar-refractivity contribution in [2.24, 2.45) is 5.73 Å². The molecule has 2 rings (SSSR count). The maximum absolute atomic E-state index is 14.0. The molecule has 0 saturated carbocycles. The highest BCUT2D eigenvalue weighted by Crippen LogP contribution is 2.25. The lowest BCUT2D eigenvalue weighted by Crippen LogP contribution is -2.17. The smallest absolute Gasteiger partial charge is 0.494 e. The van der Waals surface area contributed by atoms with Gasteiger partial charge in [-0.2, -0.15) is 0 Å². The Balaban J connectivity index is 1.73. The highest BCUT2D eigenvalue weighted by molar-refractivity contribution is 5.94. The van der Waals surface area contributed by atoms with Gasteiger partial charge in [0.2, 0.25) is 0 Å². The van der Waals surface area contributed by atoms with E-state index in [4.69, 9.17) is 10.5 Å². The second kappa shape index (κ2) is 9.25. The third kappa shape index (κ3) is 6.29. The first kappa shape index (κ1) is 21.3. The van der Waals surface area contributed by atoms with Crippen molar-refractivity contribution in [3.8, 4) is 11.5 Å². The van der Waals surface area contributed by atoms with E-state index in [1.165, 1.54) is 12.1 Å². The molecule has 0 bridgehead atoms. The van der Waals surface area contributed by atoms with Crippen molar-refractivity contribution >= 4 is 11.6 Å². The van der Waals surface area contributed by atoms with Crippen LogP contribution in [0.3, 0.4) is 0 Å². The third-order valence-corrected chi connectivity index (χ3v) is 3.55. The summed E-state index contributed by atoms with van der Waals surface area (Å²) >= 11 is 0. The molecule has 0 aliphatic rings. The fourth-order valence-electron chi connectivity index (χ4n) is 2.29. The van der Waals surface area contributed by atoms with Crippen LogP contribution in [0.15, 0.2) is 36.4 Å². The van der Waals surface area contributed by atoms with Crippen LogP contribution >= 0.6 is 0 Å². The van der Waals surface area contributed by atoms with E-state index in [-0.39, 0.29) is 18.0 Å². The van der Waals surface area contributed by atoms with Gasteiger partial charge in [-0.25, -0.2) is 8.78 Å². The van der Waals surface area contributed by atoms with Crippen LogP contribution in [0.2, 0.25) is 0 Å². The molecular formula is C18H17F5N2O3. The number of primary amides is 1. The first-order chi connectivity index (χ1) is 13.2. The summed E-state index contributed by atoms with van der Waals surface area (Å²) in [5, 5.41) is 2.74. The topological polar surface area (TPSA) is 73.6 Å². The quantitative estimate of drug-likeness (QED) is 0.485. The van der Waals surface area contributed by atoms with Gasteiger partial charge < -0.3 is 20.5 Å². The molecule has 0 unspecified atom stereocenters. The molecule has 0 radical (unpaired) electrons. The summed E-state index contributed by atoms with van der Waals surface area (Å²) in [5.41, 5.74) is 4.10. The predicted molar refractivity (Wildman–Crippen MR) is 91.2 cm³/mol. The molecule has 0 aliphatic carbocycles. The summed E-state index contributed by atoms with van der Waals surface area (Å²) in [4.78, 5) is 11.1. The van der Waals surface area contributed by atoms with Crippen molar-refractivity contribution in [3.63, 3.8) is 0 Å². The molecule has 152 valence electrons. The number of benzene rings is 2. The van der Waals surface area contributed by atoms with Crippen LogP contribution in [-0.2, 0) is 0 Å². The second-order valence-corrected chi connectivity index (χ2v) is 5.65. The number of hydrogen-bond donors (Lipinski definition) is 2. The monoisotopic (exact) mass is 404 g/mol. The first-order valence-electron chi connectivity index (χ1n) is 8.17. The zero-order chi connectivity index (χ0) is 20.7. The molecule has 2 aromatic carbocycles. The Labute approximate surface area is 157 Å². The number of nitrogens with one attached hydrogen (secondary N) is 1. The normalized spacial score (nSPS) is 11.2. The molecule has 0 spiro atoms. The minimum Gasteiger partial charge on any atom is -0.494 e. The van der Waals surface area contributed by atoms with Gasteiger partial charge in [0.05, 0.1) is 12.3 Å². The minimum atomic E-state index is -4.75. The van der Waals surface area contributed by atoms with E-state index in [0.717, 1.165) is 24.3 Å². The van der Waals surface area contributed by atoms with Gasteiger partial charge in [0.25, 0.3) is 5.91 Å². The SMILES string of the molecule is NC(=O)c1c(F)ccc(NCCCCOc2ccc(OC(F)(F)F)cc2)c1F. The molecule has 0 aliphatic heterocycles. The van der Waals surface area contributed by atoms with E-state index in [1.807, 2.05) is 0 Å². The van der Waals surface area contributed by atoms with E-state index >= 15 is 0 Å². The van der Waals surface area contributed by atoms with Crippen LogP contribution < -0.4 is 20.5 Å². The molecule has 28 heavy (non-hydrogen) atoms. The van der Waals surface area contributed by atoms with E-state index < -0.39 is 29.5 Å². The van der Waals surface area contributed by atoms with Crippen molar-refractivity contribution in [1.82, 2.24) is 0 Å². The van der Waals surface area contributed by atoms with Crippen LogP contribution in [0.5, 0.6) is 11.5 Å². The van der Waals surface area contributed by atoms with E-state index in [9.17, 15) is 26.7 Å². The van der Waals surface area contributed by atoms with Crippen LogP contribution in [0.1, 0.15) is 23.2 Å². The molecule has 0 aromatic heterocycles. The Morgan fingerprint density at radius 1 is 1.00 bits per heavy atom. The Morgan fingerprint density at radius 2 is 1.64 bits per heavy atom. The number of halogens is 5. The number of carbonyl (C=O) groups excluding carboxylic acids is 1. The number of rotatable bonds is 9. The number of ether oxygens (including phenoxy) is 2. The van der Waals surface area contributed by atoms with E-state index in [1.54, 1.807) is 0 Å². The molecule has 1 amide bonds. The average molecular weight is 404 g/mol. The number of nitrogens with two attached hydrogens (primary N) is 1. The molecule has 3 N–H and O–H groups in total. The summed E-state index contributed by atoms with van der Waals surface area (Å²) in [6, 6.07) is 7.08. The fourth-order valence-corrected chi connectivity index (χ4v) is 2.29. The second-order valence-electron chi connectivity index (χ2n) is 5.65. The first-order valence-corrected chi connectivity index (χ1v) is 8.17. The Morgan fingerprint density at radius 3 is 2.25 bits per heavy atom. The zero-order valence-corrected chi connectivity index (χ0v) is 14.5. The van der Waals surface area contributed by atoms with Gasteiger partial charge in [-0.3, -0.25) is 4.79 Å². The standard InChI is InChI=1S/C18H17F5N2O3/c19-13-7-8-14(16(20)15(13)17(24)26)25-9-1-2-10-27-11-3-5-12(6-4-11)28-18(21,22)23/h3-8,25H,1-2,9-10H2,(H2,24,26). The van der Waals surface area contributed by atoms with Crippen LogP contribution in [0.4, 0.5) is 27.6 Å². The van der Waals surface area contributed by atoms with Crippen molar-refractivity contribution in [1.29, 1.82) is 0 Å². The Kier molecular flexibility index (Phi) is 7.02. The highest BCUT2D eigenvalue weighted by Gasteiger charge is 2.30. The summed E-state index contributed by atoms with van der Waals surface area (Å²) in [7, 11) is 0. The number of alkyl halides is 3. The zero-order valence-electron chi connectivity index (χ0n) is 14.5. The largest absolute Gasteiger partial charge is 0.573 e. The van der Waals surface area contributed by atoms with Crippen molar-refractivity contribution in [2.75, 3.05) is 18.5 Å². The molecule has 0 heterocycles. The molecule has 0 atom stereocenters. The Hall–Kier alpha value is -3.04. The summed E-state index contributed by atoms with van der Waals surface area (Å²) in [6.45, 7) is 0.599. The van der Waals surface area contributed by atoms with Crippen molar-refractivity contribution < 1.29 is 36.2 Å². The fraction of sp³-hybridized carbons (Fsp3) is 0.278. The van der Waals surface area contributed by atoms with Gasteiger partial charge in [0.1, 0.15) is 22.9 Å². The average Bonchev–Trinajstić information content (AvgIpc) is 2.59. The summed E-state index contributed by atoms with van der Waals surface area (Å²) < 4.78 is 72.7. The molecule has 2 aromatic rings. The van der Waals surface area contributed by atoms with Crippen LogP contribution in [-0.4, -0.2) is 25.4 Å². The number of anilines is 1. The van der Waals surface area contributed by atoms with Gasteiger partial charge in [0, 0.05) is 6.54 Å². The predicted octanol–water partition coefficient (Wildman–Crippen LogP) is 4.23. The lowest BCUT2D eigenvalue weighted by atomic mass is 10.1. The maximum atomic E-state index is 14.0. The minimum absolute atomic E-state index is 0.0450. The lowest BCUT2D eigenvalue weighted by molar-refractivity contribution is -0.274. The number of hydrogen-bond acceptors (Lipinski definition) is 4. The van der Waals surface area contributed by atoms with Gasteiger partial charge in [0.15, 0.2) is 5.82 Å². The lowest BCUT2D eigenvalue weighted by Gasteiger charge is -2.11. The van der Waals surface area contributed by atoms with Gasteiger partial charge in [-0.1, -0.05) is 0 Å². The summed E-state index contributed by atoms with van der Waals surface area (Å²) in [5.74, 6) is -3.25. The van der Waals surface area contributed by atoms with Gasteiger partial charge >= 0.3 is 6.36 Å². The molecular weight excluding hydrogens is 387 g/mol.